The molecule has 12 nitrogen and oxygen atoms in total. The number of phosphoric ester groups is 1. The van der Waals surface area contributed by atoms with Crippen molar-refractivity contribution in [3.8, 4) is 11.4 Å². The van der Waals surface area contributed by atoms with Crippen LogP contribution in [0.15, 0.2) is 41.5 Å². The van der Waals surface area contributed by atoms with Gasteiger partial charge in [-0.1, -0.05) is 19.1 Å². The van der Waals surface area contributed by atoms with E-state index < -0.39 is 31.9 Å². The summed E-state index contributed by atoms with van der Waals surface area (Å²) in [5.41, 5.74) is -1.35. The minimum absolute atomic E-state index is 0. The van der Waals surface area contributed by atoms with Crippen molar-refractivity contribution in [2.75, 3.05) is 0 Å². The summed E-state index contributed by atoms with van der Waals surface area (Å²) in [6.45, 7) is 8.32. The quantitative estimate of drug-likeness (QED) is 0.117. The number of fused-ring (bicyclic) bond motifs is 1. The number of hydrogen-bond donors (Lipinski definition) is 0. The molecule has 0 spiro atoms. The van der Waals surface area contributed by atoms with Crippen LogP contribution in [0.4, 0.5) is 19.1 Å². The van der Waals surface area contributed by atoms with E-state index in [2.05, 4.69) is 24.4 Å². The summed E-state index contributed by atoms with van der Waals surface area (Å²) in [6, 6.07) is 4.69. The number of rotatable bonds is 8. The van der Waals surface area contributed by atoms with Crippen molar-refractivity contribution in [2.24, 2.45) is 0 Å². The number of phosphoric acid groups is 1. The van der Waals surface area contributed by atoms with Crippen molar-refractivity contribution in [3.05, 3.63) is 69.6 Å². The molecule has 0 saturated carbocycles. The van der Waals surface area contributed by atoms with Gasteiger partial charge in [0.15, 0.2) is 5.52 Å². The molecule has 0 atom stereocenters. The normalized spacial score (nSPS) is 11.6. The van der Waals surface area contributed by atoms with Crippen molar-refractivity contribution in [3.63, 3.8) is 0 Å². The second-order valence-corrected chi connectivity index (χ2v) is 9.00. The van der Waals surface area contributed by atoms with E-state index in [-0.39, 0.29) is 101 Å². The zero-order valence-electron chi connectivity index (χ0n) is 21.0. The Morgan fingerprint density at radius 3 is 2.51 bits per heavy atom. The summed E-state index contributed by atoms with van der Waals surface area (Å²) in [7, 11) is -5.45. The fourth-order valence-corrected chi connectivity index (χ4v) is 3.94. The van der Waals surface area contributed by atoms with Crippen LogP contribution >= 0.6 is 7.82 Å². The Hall–Kier alpha value is -1.83. The Balaban J connectivity index is 0.00000267. The van der Waals surface area contributed by atoms with Gasteiger partial charge in [-0.15, -0.1) is 11.6 Å². The fraction of sp³-hybridized carbons (Fsp3) is 0.286. The van der Waals surface area contributed by atoms with Gasteiger partial charge in [-0.2, -0.15) is 23.3 Å². The van der Waals surface area contributed by atoms with E-state index in [4.69, 9.17) is 6.57 Å². The van der Waals surface area contributed by atoms with Gasteiger partial charge in [-0.05, 0) is 24.1 Å². The Bertz CT molecular complexity index is 1620. The molecule has 0 fully saturated rings. The summed E-state index contributed by atoms with van der Waals surface area (Å²) in [4.78, 5) is 47.1. The van der Waals surface area contributed by atoms with Gasteiger partial charge in [-0.3, -0.25) is 13.8 Å². The first-order chi connectivity index (χ1) is 17.4. The van der Waals surface area contributed by atoms with E-state index in [1.807, 2.05) is 0 Å². The molecule has 39 heavy (non-hydrogen) atoms. The van der Waals surface area contributed by atoms with Crippen LogP contribution in [0, 0.1) is 6.57 Å². The van der Waals surface area contributed by atoms with Crippen LogP contribution in [-0.4, -0.2) is 28.9 Å². The number of aromatic nitrogens is 6. The maximum atomic E-state index is 13.2. The van der Waals surface area contributed by atoms with Gasteiger partial charge in [0, 0.05) is 6.20 Å². The van der Waals surface area contributed by atoms with Crippen LogP contribution in [0.25, 0.3) is 27.4 Å². The molecular formula is C21H17F3N7Na2O5P. The maximum absolute atomic E-state index is 13.2. The molecule has 18 heteroatoms. The molecule has 4 rings (SSSR count). The minimum Gasteiger partial charge on any atom is -0.790 e. The van der Waals surface area contributed by atoms with Crippen LogP contribution in [-0.2, 0) is 35.1 Å². The summed E-state index contributed by atoms with van der Waals surface area (Å²) >= 11 is 0. The van der Waals surface area contributed by atoms with Gasteiger partial charge in [0.25, 0.3) is 0 Å². The molecule has 4 aromatic rings. The molecule has 0 radical (unpaired) electrons. The molecule has 0 N–H and O–H groups in total. The largest absolute Gasteiger partial charge is 1.00 e. The first-order valence-electron chi connectivity index (χ1n) is 10.7. The van der Waals surface area contributed by atoms with Gasteiger partial charge >= 0.3 is 76.8 Å². The Morgan fingerprint density at radius 2 is 1.90 bits per heavy atom. The van der Waals surface area contributed by atoms with Crippen molar-refractivity contribution in [1.29, 1.82) is 0 Å². The van der Waals surface area contributed by atoms with Gasteiger partial charge in [0.1, 0.15) is 12.6 Å². The molecule has 0 bridgehead atoms. The molecule has 3 heterocycles. The van der Waals surface area contributed by atoms with Gasteiger partial charge in [0.05, 0.1) is 38.2 Å². The Kier molecular flexibility index (Phi) is 11.3. The zero-order valence-corrected chi connectivity index (χ0v) is 25.9. The summed E-state index contributed by atoms with van der Waals surface area (Å²) in [5.74, 6) is -0.274. The summed E-state index contributed by atoms with van der Waals surface area (Å²) < 4.78 is 58.1. The number of imidazole rings is 1. The smallest absolute Gasteiger partial charge is 0.790 e. The molecule has 0 saturated heterocycles. The minimum atomic E-state index is -5.45. The third kappa shape index (κ3) is 7.68. The summed E-state index contributed by atoms with van der Waals surface area (Å²) in [5, 5.41) is 4.11. The monoisotopic (exact) mass is 581 g/mol. The Labute approximate surface area is 263 Å². The zero-order chi connectivity index (χ0) is 27.0. The van der Waals surface area contributed by atoms with Gasteiger partial charge in [-0.25, -0.2) is 4.79 Å². The third-order valence-corrected chi connectivity index (χ3v) is 5.66. The molecule has 1 aromatic carbocycles. The van der Waals surface area contributed by atoms with Crippen molar-refractivity contribution in [1.82, 2.24) is 28.9 Å². The van der Waals surface area contributed by atoms with Crippen LogP contribution < -0.4 is 74.5 Å². The average Bonchev–Trinajstić information content (AvgIpc) is 3.43. The van der Waals surface area contributed by atoms with Gasteiger partial charge < -0.3 is 23.7 Å². The molecule has 3 aromatic heterocycles. The maximum Gasteiger partial charge on any atom is 1.00 e. The molecule has 0 aliphatic rings. The molecule has 0 aliphatic carbocycles. The van der Waals surface area contributed by atoms with Crippen molar-refractivity contribution in [2.45, 2.75) is 39.3 Å². The van der Waals surface area contributed by atoms with E-state index in [1.54, 1.807) is 6.92 Å². The molecule has 194 valence electrons. The van der Waals surface area contributed by atoms with Crippen LogP contribution in [0.2, 0.25) is 0 Å². The average molecular weight is 581 g/mol. The van der Waals surface area contributed by atoms with E-state index in [9.17, 15) is 32.3 Å². The van der Waals surface area contributed by atoms with E-state index in [1.165, 1.54) is 29.2 Å². The van der Waals surface area contributed by atoms with E-state index in [0.29, 0.717) is 12.0 Å². The predicted octanol–water partition coefficient (Wildman–Crippen LogP) is -3.70. The number of hydrogen-bond acceptors (Lipinski definition) is 8. The number of halogens is 3. The van der Waals surface area contributed by atoms with Crippen LogP contribution in [0.5, 0.6) is 0 Å². The third-order valence-electron chi connectivity index (χ3n) is 5.23. The molecule has 0 unspecified atom stereocenters. The van der Waals surface area contributed by atoms with Crippen LogP contribution in [0.3, 0.4) is 0 Å². The topological polar surface area (TPSA) is 147 Å². The van der Waals surface area contributed by atoms with E-state index >= 15 is 0 Å². The fourth-order valence-electron chi connectivity index (χ4n) is 3.69. The second-order valence-electron chi connectivity index (χ2n) is 7.85. The first-order valence-corrected chi connectivity index (χ1v) is 12.1. The van der Waals surface area contributed by atoms with Crippen molar-refractivity contribution >= 4 is 24.9 Å². The Morgan fingerprint density at radius 1 is 1.18 bits per heavy atom. The van der Waals surface area contributed by atoms with Crippen molar-refractivity contribution < 1.29 is 91.2 Å². The molecule has 0 amide bonds. The molecule has 0 aliphatic heterocycles. The van der Waals surface area contributed by atoms with Crippen LogP contribution in [0.1, 0.15) is 24.5 Å². The first kappa shape index (κ1) is 33.4. The number of nitrogens with zero attached hydrogens (tertiary/aromatic N) is 7. The standard InChI is InChI=1S/C21H19F3N7O5P.2Na/c1-3-7-30-19(32)16-17(28-20(30)25-2)27-18(31(16)12-36-37(33,34)35)14-9-26-29(11-14)10-13-5-4-6-15(8-13)21(22,23)24;;/h4-6,8-9,11H,3,7,10,12H2,1H3,(H2,33,34,35);;/q;2*+1/p-2. The summed E-state index contributed by atoms with van der Waals surface area (Å²) in [6.07, 6.45) is -1.32. The van der Waals surface area contributed by atoms with E-state index in [0.717, 1.165) is 21.3 Å². The predicted molar refractivity (Wildman–Crippen MR) is 119 cm³/mol. The SMILES string of the molecule is [C-]#[N+]c1nc2nc(-c3cnn(Cc4cccc(C(F)(F)F)c4)c3)n(COP(=O)([O-])[O-])c2c(=O)n1CCC.[Na+].[Na+]. The number of benzene rings is 1. The second kappa shape index (κ2) is 13.2. The van der Waals surface area contributed by atoms with Gasteiger partial charge in [0.2, 0.25) is 5.65 Å². The molecular weight excluding hydrogens is 564 g/mol. The number of alkyl halides is 3.